The molecule has 5 aromatic rings. The molecule has 0 radical (unpaired) electrons. The van der Waals surface area contributed by atoms with Gasteiger partial charge in [-0.05, 0) is 61.6 Å². The van der Waals surface area contributed by atoms with Crippen molar-refractivity contribution in [3.8, 4) is 11.5 Å². The lowest BCUT2D eigenvalue weighted by Crippen LogP contribution is -2.27. The first-order chi connectivity index (χ1) is 15.4. The largest absolute Gasteiger partial charge is 0.507 e. The van der Waals surface area contributed by atoms with Crippen LogP contribution in [-0.4, -0.2) is 20.2 Å². The van der Waals surface area contributed by atoms with Crippen LogP contribution in [0.25, 0.3) is 21.8 Å². The number of H-pyrrole nitrogens is 2. The smallest absolute Gasteiger partial charge is 0.126 e. The second-order valence-corrected chi connectivity index (χ2v) is 9.36. The first-order valence-corrected chi connectivity index (χ1v) is 11.1. The van der Waals surface area contributed by atoms with Gasteiger partial charge in [-0.1, -0.05) is 36.4 Å². The molecule has 0 bridgehead atoms. The lowest BCUT2D eigenvalue weighted by molar-refractivity contribution is 0.434. The van der Waals surface area contributed by atoms with Gasteiger partial charge in [0, 0.05) is 56.7 Å². The topological polar surface area (TPSA) is 72.0 Å². The first kappa shape index (κ1) is 19.1. The first-order valence-electron chi connectivity index (χ1n) is 11.1. The lowest BCUT2D eigenvalue weighted by atomic mass is 9.73. The molecule has 4 N–H and O–H groups in total. The van der Waals surface area contributed by atoms with Crippen LogP contribution in [0.4, 0.5) is 0 Å². The minimum Gasteiger partial charge on any atom is -0.507 e. The van der Waals surface area contributed by atoms with Gasteiger partial charge in [-0.2, -0.15) is 0 Å². The van der Waals surface area contributed by atoms with Crippen LogP contribution in [0.3, 0.4) is 0 Å². The van der Waals surface area contributed by atoms with Crippen LogP contribution in [0.15, 0.2) is 54.7 Å². The molecule has 160 valence electrons. The molecule has 2 heterocycles. The molecule has 1 aliphatic carbocycles. The minimum absolute atomic E-state index is 0.193. The number of nitrogens with one attached hydrogen (secondary N) is 2. The van der Waals surface area contributed by atoms with E-state index in [1.807, 2.05) is 13.0 Å². The summed E-state index contributed by atoms with van der Waals surface area (Å²) in [6.45, 7) is 6.03. The van der Waals surface area contributed by atoms with Crippen molar-refractivity contribution in [1.29, 1.82) is 0 Å². The summed E-state index contributed by atoms with van der Waals surface area (Å²) in [7, 11) is 0. The molecule has 0 fully saturated rings. The van der Waals surface area contributed by atoms with Gasteiger partial charge in [-0.25, -0.2) is 0 Å². The Morgan fingerprint density at radius 2 is 1.47 bits per heavy atom. The summed E-state index contributed by atoms with van der Waals surface area (Å²) in [5.74, 6) is 0.403. The fraction of sp³-hybridized carbons (Fsp3) is 0.214. The molecule has 1 unspecified atom stereocenters. The maximum atomic E-state index is 11.1. The number of aromatic hydroxyl groups is 2. The van der Waals surface area contributed by atoms with Crippen molar-refractivity contribution in [2.75, 3.05) is 0 Å². The van der Waals surface area contributed by atoms with Crippen LogP contribution >= 0.6 is 0 Å². The van der Waals surface area contributed by atoms with Crippen LogP contribution in [0.1, 0.15) is 46.0 Å². The monoisotopic (exact) mass is 422 g/mol. The molecule has 1 atom stereocenters. The summed E-state index contributed by atoms with van der Waals surface area (Å²) in [6.07, 6.45) is 3.42. The Balaban J connectivity index is 1.74. The molecule has 32 heavy (non-hydrogen) atoms. The van der Waals surface area contributed by atoms with E-state index in [2.05, 4.69) is 65.6 Å². The highest BCUT2D eigenvalue weighted by Gasteiger charge is 2.40. The summed E-state index contributed by atoms with van der Waals surface area (Å²) in [5.41, 5.74) is 8.82. The number of benzene rings is 3. The van der Waals surface area contributed by atoms with Crippen LogP contribution in [-0.2, 0) is 18.3 Å². The van der Waals surface area contributed by atoms with Crippen LogP contribution in [0.2, 0.25) is 0 Å². The third-order valence-corrected chi connectivity index (χ3v) is 7.60. The molecule has 4 heteroatoms. The highest BCUT2D eigenvalue weighted by Crippen LogP contribution is 2.49. The zero-order chi connectivity index (χ0) is 22.2. The highest BCUT2D eigenvalue weighted by molar-refractivity contribution is 5.89. The molecule has 0 saturated heterocycles. The maximum Gasteiger partial charge on any atom is 0.126 e. The number of para-hydroxylation sites is 2. The van der Waals surface area contributed by atoms with Crippen molar-refractivity contribution >= 4 is 21.8 Å². The predicted molar refractivity (Wildman–Crippen MR) is 129 cm³/mol. The zero-order valence-corrected chi connectivity index (χ0v) is 18.5. The molecule has 2 aromatic heterocycles. The second kappa shape index (κ2) is 6.42. The van der Waals surface area contributed by atoms with Gasteiger partial charge >= 0.3 is 0 Å². The minimum atomic E-state index is -0.377. The number of hydrogen-bond donors (Lipinski definition) is 4. The molecule has 0 aliphatic heterocycles. The third-order valence-electron chi connectivity index (χ3n) is 7.60. The number of phenols is 2. The van der Waals surface area contributed by atoms with Gasteiger partial charge in [0.1, 0.15) is 11.5 Å². The Bertz CT molecular complexity index is 1540. The second-order valence-electron chi connectivity index (χ2n) is 9.36. The number of phenolic OH excluding ortho intramolecular Hbond substituents is 2. The van der Waals surface area contributed by atoms with Crippen molar-refractivity contribution in [2.24, 2.45) is 0 Å². The van der Waals surface area contributed by atoms with Gasteiger partial charge in [0.2, 0.25) is 0 Å². The SMILES string of the molecule is Cc1c(O)c(C)c2c(c1O)Cc1c([nH]c3ccccc13)C(C)(c1c[nH]c3ccccc13)C2. The molecule has 6 rings (SSSR count). The van der Waals surface area contributed by atoms with Crippen molar-refractivity contribution < 1.29 is 10.2 Å². The lowest BCUT2D eigenvalue weighted by Gasteiger charge is -2.30. The van der Waals surface area contributed by atoms with Crippen LogP contribution in [0.5, 0.6) is 11.5 Å². The molecule has 0 saturated carbocycles. The standard InChI is InChI=1S/C28H26N2O2/c1-15-21-13-28(3,22-14-29-23-10-6-5-9-18(22)23)27-20(17-8-4-7-11-24(17)30-27)12-19(21)26(32)16(2)25(15)31/h4-11,14,29-32H,12-13H2,1-3H3. The third kappa shape index (κ3) is 2.38. The van der Waals surface area contributed by atoms with Crippen molar-refractivity contribution in [3.63, 3.8) is 0 Å². The van der Waals surface area contributed by atoms with E-state index in [1.54, 1.807) is 6.92 Å². The quantitative estimate of drug-likeness (QED) is 0.262. The van der Waals surface area contributed by atoms with Gasteiger partial charge in [0.15, 0.2) is 0 Å². The molecular formula is C28H26N2O2. The van der Waals surface area contributed by atoms with E-state index >= 15 is 0 Å². The number of fused-ring (bicyclic) bond motifs is 5. The van der Waals surface area contributed by atoms with E-state index in [9.17, 15) is 10.2 Å². The van der Waals surface area contributed by atoms with E-state index in [4.69, 9.17) is 0 Å². The van der Waals surface area contributed by atoms with Crippen LogP contribution in [0, 0.1) is 13.8 Å². The van der Waals surface area contributed by atoms with Gasteiger partial charge in [-0.3, -0.25) is 0 Å². The van der Waals surface area contributed by atoms with E-state index in [1.165, 1.54) is 27.6 Å². The molecule has 3 aromatic carbocycles. The van der Waals surface area contributed by atoms with Gasteiger partial charge in [0.25, 0.3) is 0 Å². The number of aromatic amines is 2. The Morgan fingerprint density at radius 3 is 2.25 bits per heavy atom. The van der Waals surface area contributed by atoms with E-state index in [-0.39, 0.29) is 16.9 Å². The summed E-state index contributed by atoms with van der Waals surface area (Å²) < 4.78 is 0. The number of aromatic nitrogens is 2. The highest BCUT2D eigenvalue weighted by atomic mass is 16.3. The van der Waals surface area contributed by atoms with Gasteiger partial charge < -0.3 is 20.2 Å². The fourth-order valence-electron chi connectivity index (χ4n) is 5.79. The van der Waals surface area contributed by atoms with E-state index in [0.717, 1.165) is 27.7 Å². The predicted octanol–water partition coefficient (Wildman–Crippen LogP) is 6.13. The zero-order valence-electron chi connectivity index (χ0n) is 18.5. The van der Waals surface area contributed by atoms with E-state index < -0.39 is 0 Å². The Labute approximate surface area is 186 Å². The van der Waals surface area contributed by atoms with E-state index in [0.29, 0.717) is 18.4 Å². The van der Waals surface area contributed by atoms with Crippen LogP contribution < -0.4 is 0 Å². The number of hydrogen-bond acceptors (Lipinski definition) is 2. The summed E-state index contributed by atoms with van der Waals surface area (Å²) in [6, 6.07) is 16.8. The molecule has 0 amide bonds. The van der Waals surface area contributed by atoms with Crippen molar-refractivity contribution in [3.05, 3.63) is 93.8 Å². The number of rotatable bonds is 1. The average molecular weight is 423 g/mol. The van der Waals surface area contributed by atoms with Crippen molar-refractivity contribution in [1.82, 2.24) is 9.97 Å². The molecule has 0 spiro atoms. The average Bonchev–Trinajstić information content (AvgIpc) is 3.38. The van der Waals surface area contributed by atoms with Gasteiger partial charge in [-0.15, -0.1) is 0 Å². The molecule has 4 nitrogen and oxygen atoms in total. The summed E-state index contributed by atoms with van der Waals surface area (Å²) in [5, 5.41) is 24.3. The molecular weight excluding hydrogens is 396 g/mol. The fourth-order valence-corrected chi connectivity index (χ4v) is 5.79. The summed E-state index contributed by atoms with van der Waals surface area (Å²) in [4.78, 5) is 7.20. The normalized spacial score (nSPS) is 18.0. The molecule has 1 aliphatic rings. The Morgan fingerprint density at radius 1 is 0.781 bits per heavy atom. The van der Waals surface area contributed by atoms with Gasteiger partial charge in [0.05, 0.1) is 0 Å². The van der Waals surface area contributed by atoms with Crippen molar-refractivity contribution in [2.45, 2.75) is 39.0 Å². The Kier molecular flexibility index (Phi) is 3.83. The maximum absolute atomic E-state index is 11.1. The Hall–Kier alpha value is -3.66. The summed E-state index contributed by atoms with van der Waals surface area (Å²) >= 11 is 0.